The third-order valence-corrected chi connectivity index (χ3v) is 5.05. The van der Waals surface area contributed by atoms with Gasteiger partial charge in [0.05, 0.1) is 33.1 Å². The number of hydrogen-bond acceptors (Lipinski definition) is 4. The van der Waals surface area contributed by atoms with Crippen molar-refractivity contribution in [1.29, 1.82) is 0 Å². The zero-order valence-corrected chi connectivity index (χ0v) is 16.6. The van der Waals surface area contributed by atoms with Gasteiger partial charge in [-0.1, -0.05) is 42.5 Å². The lowest BCUT2D eigenvalue weighted by Crippen LogP contribution is -2.32. The fourth-order valence-corrected chi connectivity index (χ4v) is 3.58. The summed E-state index contributed by atoms with van der Waals surface area (Å²) in [5.74, 6) is 1.50. The SMILES string of the molecule is COc1cccc(CN2C(=O)COCc3ccc(-c4ccccc4OC)cc32)c1. The highest BCUT2D eigenvalue weighted by Gasteiger charge is 2.24. The van der Waals surface area contributed by atoms with Crippen LogP contribution in [0.25, 0.3) is 11.1 Å². The van der Waals surface area contributed by atoms with Crippen LogP contribution < -0.4 is 14.4 Å². The van der Waals surface area contributed by atoms with Gasteiger partial charge in [-0.05, 0) is 35.4 Å². The molecule has 0 bridgehead atoms. The first-order valence-corrected chi connectivity index (χ1v) is 9.47. The van der Waals surface area contributed by atoms with E-state index < -0.39 is 0 Å². The summed E-state index contributed by atoms with van der Waals surface area (Å²) in [5.41, 5.74) is 4.81. The zero-order chi connectivity index (χ0) is 20.2. The van der Waals surface area contributed by atoms with E-state index in [0.29, 0.717) is 13.2 Å². The molecule has 0 aliphatic carbocycles. The Bertz CT molecular complexity index is 1030. The van der Waals surface area contributed by atoms with Crippen LogP contribution in [0, 0.1) is 0 Å². The van der Waals surface area contributed by atoms with Crippen LogP contribution in [0.1, 0.15) is 11.1 Å². The molecule has 1 heterocycles. The Morgan fingerprint density at radius 1 is 0.931 bits per heavy atom. The number of para-hydroxylation sites is 1. The van der Waals surface area contributed by atoms with Crippen LogP contribution in [-0.2, 0) is 22.7 Å². The van der Waals surface area contributed by atoms with Gasteiger partial charge in [-0.2, -0.15) is 0 Å². The lowest BCUT2D eigenvalue weighted by molar-refractivity contribution is -0.123. The summed E-state index contributed by atoms with van der Waals surface area (Å²) in [5, 5.41) is 0. The highest BCUT2D eigenvalue weighted by atomic mass is 16.5. The van der Waals surface area contributed by atoms with Gasteiger partial charge in [0.2, 0.25) is 0 Å². The normalized spacial score (nSPS) is 13.6. The van der Waals surface area contributed by atoms with E-state index in [-0.39, 0.29) is 12.5 Å². The molecule has 0 saturated carbocycles. The molecular weight excluding hydrogens is 366 g/mol. The largest absolute Gasteiger partial charge is 0.497 e. The average Bonchev–Trinajstić information content (AvgIpc) is 2.92. The van der Waals surface area contributed by atoms with Crippen molar-refractivity contribution in [3.05, 3.63) is 77.9 Å². The van der Waals surface area contributed by atoms with Crippen LogP contribution >= 0.6 is 0 Å². The smallest absolute Gasteiger partial charge is 0.253 e. The van der Waals surface area contributed by atoms with Crippen molar-refractivity contribution in [1.82, 2.24) is 0 Å². The van der Waals surface area contributed by atoms with Crippen molar-refractivity contribution in [2.24, 2.45) is 0 Å². The van der Waals surface area contributed by atoms with Crippen LogP contribution in [0.5, 0.6) is 11.5 Å². The molecule has 0 atom stereocenters. The van der Waals surface area contributed by atoms with E-state index in [1.54, 1.807) is 19.1 Å². The number of methoxy groups -OCH3 is 2. The van der Waals surface area contributed by atoms with E-state index in [9.17, 15) is 4.79 Å². The van der Waals surface area contributed by atoms with Gasteiger partial charge in [-0.3, -0.25) is 4.79 Å². The van der Waals surface area contributed by atoms with Gasteiger partial charge in [-0.25, -0.2) is 0 Å². The van der Waals surface area contributed by atoms with E-state index in [0.717, 1.165) is 39.4 Å². The molecule has 5 nitrogen and oxygen atoms in total. The average molecular weight is 389 g/mol. The molecule has 1 aliphatic heterocycles. The van der Waals surface area contributed by atoms with E-state index in [4.69, 9.17) is 14.2 Å². The molecule has 0 radical (unpaired) electrons. The number of fused-ring (bicyclic) bond motifs is 1. The highest BCUT2D eigenvalue weighted by Crippen LogP contribution is 2.35. The van der Waals surface area contributed by atoms with Gasteiger partial charge >= 0.3 is 0 Å². The third-order valence-electron chi connectivity index (χ3n) is 5.05. The number of amides is 1. The Labute approximate surface area is 170 Å². The Balaban J connectivity index is 1.76. The summed E-state index contributed by atoms with van der Waals surface area (Å²) in [7, 11) is 3.30. The minimum atomic E-state index is -0.0660. The lowest BCUT2D eigenvalue weighted by atomic mass is 10.0. The number of nitrogens with zero attached hydrogens (tertiary/aromatic N) is 1. The summed E-state index contributed by atoms with van der Waals surface area (Å²) in [4.78, 5) is 14.6. The van der Waals surface area contributed by atoms with Crippen LogP contribution in [0.15, 0.2) is 66.7 Å². The molecule has 3 aromatic carbocycles. The monoisotopic (exact) mass is 389 g/mol. The molecule has 29 heavy (non-hydrogen) atoms. The first-order chi connectivity index (χ1) is 14.2. The molecule has 0 fully saturated rings. The number of hydrogen-bond donors (Lipinski definition) is 0. The van der Waals surface area contributed by atoms with E-state index >= 15 is 0 Å². The van der Waals surface area contributed by atoms with E-state index in [1.807, 2.05) is 66.7 Å². The van der Waals surface area contributed by atoms with E-state index in [2.05, 4.69) is 0 Å². The Kier molecular flexibility index (Phi) is 5.49. The first kappa shape index (κ1) is 19.0. The van der Waals surface area contributed by atoms with Crippen LogP contribution in [0.2, 0.25) is 0 Å². The van der Waals surface area contributed by atoms with Crippen molar-refractivity contribution >= 4 is 11.6 Å². The molecule has 0 spiro atoms. The topological polar surface area (TPSA) is 48.0 Å². The number of carbonyl (C=O) groups excluding carboxylic acids is 1. The predicted octanol–water partition coefficient (Wildman–Crippen LogP) is 4.43. The van der Waals surface area contributed by atoms with Crippen molar-refractivity contribution in [3.8, 4) is 22.6 Å². The molecule has 0 saturated heterocycles. The standard InChI is InChI=1S/C24H23NO4/c1-27-20-7-5-6-17(12-20)14-25-22-13-18(21-8-3-4-9-23(21)28-2)10-11-19(22)15-29-16-24(25)26/h3-13H,14-16H2,1-2H3. The van der Waals surface area contributed by atoms with Crippen molar-refractivity contribution in [3.63, 3.8) is 0 Å². The number of anilines is 1. The molecule has 148 valence electrons. The fraction of sp³-hybridized carbons (Fsp3) is 0.208. The molecule has 3 aromatic rings. The second-order valence-electron chi connectivity index (χ2n) is 6.87. The number of benzene rings is 3. The Hall–Kier alpha value is -3.31. The van der Waals surface area contributed by atoms with Crippen LogP contribution in [0.4, 0.5) is 5.69 Å². The first-order valence-electron chi connectivity index (χ1n) is 9.47. The predicted molar refractivity (Wildman–Crippen MR) is 112 cm³/mol. The maximum atomic E-state index is 12.9. The maximum Gasteiger partial charge on any atom is 0.253 e. The van der Waals surface area contributed by atoms with Crippen molar-refractivity contribution in [2.75, 3.05) is 25.7 Å². The van der Waals surface area contributed by atoms with Gasteiger partial charge in [-0.15, -0.1) is 0 Å². The Morgan fingerprint density at radius 2 is 1.79 bits per heavy atom. The minimum Gasteiger partial charge on any atom is -0.497 e. The van der Waals surface area contributed by atoms with E-state index in [1.165, 1.54) is 0 Å². The minimum absolute atomic E-state index is 0.0582. The molecule has 5 heteroatoms. The fourth-order valence-electron chi connectivity index (χ4n) is 3.58. The number of ether oxygens (including phenoxy) is 3. The van der Waals surface area contributed by atoms with Crippen molar-refractivity contribution < 1.29 is 19.0 Å². The highest BCUT2D eigenvalue weighted by molar-refractivity contribution is 5.96. The summed E-state index contributed by atoms with van der Waals surface area (Å²) >= 11 is 0. The van der Waals surface area contributed by atoms with Gasteiger partial charge < -0.3 is 19.1 Å². The maximum absolute atomic E-state index is 12.9. The van der Waals surface area contributed by atoms with Gasteiger partial charge in [0, 0.05) is 11.1 Å². The second kappa shape index (κ2) is 8.37. The van der Waals surface area contributed by atoms with Gasteiger partial charge in [0.15, 0.2) is 0 Å². The number of carbonyl (C=O) groups is 1. The third kappa shape index (κ3) is 3.96. The van der Waals surface area contributed by atoms with Crippen molar-refractivity contribution in [2.45, 2.75) is 13.2 Å². The van der Waals surface area contributed by atoms with Gasteiger partial charge in [0.1, 0.15) is 18.1 Å². The number of rotatable bonds is 5. The molecule has 4 rings (SSSR count). The molecule has 0 aromatic heterocycles. The van der Waals surface area contributed by atoms with Gasteiger partial charge in [0.25, 0.3) is 5.91 Å². The molecule has 1 aliphatic rings. The summed E-state index contributed by atoms with van der Waals surface area (Å²) in [6.45, 7) is 0.909. The summed E-state index contributed by atoms with van der Waals surface area (Å²) in [6.07, 6.45) is 0. The summed E-state index contributed by atoms with van der Waals surface area (Å²) in [6, 6.07) is 21.7. The molecule has 0 N–H and O–H groups in total. The summed E-state index contributed by atoms with van der Waals surface area (Å²) < 4.78 is 16.4. The zero-order valence-electron chi connectivity index (χ0n) is 16.6. The quantitative estimate of drug-likeness (QED) is 0.648. The van der Waals surface area contributed by atoms with Crippen LogP contribution in [0.3, 0.4) is 0 Å². The molecule has 1 amide bonds. The molecule has 0 unspecified atom stereocenters. The molecular formula is C24H23NO4. The second-order valence-corrected chi connectivity index (χ2v) is 6.87. The van der Waals surface area contributed by atoms with Crippen LogP contribution in [-0.4, -0.2) is 26.7 Å². The Morgan fingerprint density at radius 3 is 2.62 bits per heavy atom. The lowest BCUT2D eigenvalue weighted by Gasteiger charge is -2.24.